The molecule has 0 aliphatic rings. The molecule has 228 valence electrons. The van der Waals surface area contributed by atoms with Crippen molar-refractivity contribution in [2.45, 2.75) is 65.6 Å². The second-order valence-electron chi connectivity index (χ2n) is 11.5. The van der Waals surface area contributed by atoms with Gasteiger partial charge in [0, 0.05) is 13.0 Å². The second kappa shape index (κ2) is 14.2. The Balaban J connectivity index is 2.12. The number of alkyl carbamates (subject to hydrolysis) is 1. The zero-order valence-electron chi connectivity index (χ0n) is 25.5. The highest BCUT2D eigenvalue weighted by atomic mass is 35.5. The molecule has 0 radical (unpaired) electrons. The van der Waals surface area contributed by atoms with Gasteiger partial charge in [0.15, 0.2) is 0 Å². The summed E-state index contributed by atoms with van der Waals surface area (Å²) < 4.78 is 5.47. The van der Waals surface area contributed by atoms with Crippen LogP contribution in [0.2, 0.25) is 5.02 Å². The molecule has 0 saturated heterocycles. The van der Waals surface area contributed by atoms with Gasteiger partial charge in [-0.2, -0.15) is 0 Å². The van der Waals surface area contributed by atoms with E-state index in [2.05, 4.69) is 17.2 Å². The Bertz CT molecular complexity index is 1460. The molecule has 0 bridgehead atoms. The standard InChI is InChI=1S/C34H40ClN3O5/c1-8-18-38(32(41)28(36-33(42)43-34(5,6)7)20-24-14-16-25(39)17-15-24)30(26-19-21(2)12-13-22(26)3)31(40)37-29-23(4)10-9-11-27(29)35/h8-17,19,28,30,39H,1,18,20H2,2-7H3,(H,36,42)(H,37,40). The van der Waals surface area contributed by atoms with Crippen LogP contribution in [0.5, 0.6) is 5.75 Å². The number of aromatic hydroxyl groups is 1. The van der Waals surface area contributed by atoms with Gasteiger partial charge in [-0.15, -0.1) is 6.58 Å². The number of carbonyl (C=O) groups is 3. The topological polar surface area (TPSA) is 108 Å². The molecule has 3 amide bonds. The van der Waals surface area contributed by atoms with Crippen LogP contribution in [0.15, 0.2) is 73.3 Å². The van der Waals surface area contributed by atoms with E-state index in [1.807, 2.05) is 45.0 Å². The minimum absolute atomic E-state index is 0.00782. The molecule has 0 aliphatic carbocycles. The zero-order chi connectivity index (χ0) is 31.9. The van der Waals surface area contributed by atoms with Gasteiger partial charge in [-0.25, -0.2) is 4.79 Å². The fourth-order valence-corrected chi connectivity index (χ4v) is 4.94. The van der Waals surface area contributed by atoms with E-state index < -0.39 is 35.6 Å². The largest absolute Gasteiger partial charge is 0.508 e. The van der Waals surface area contributed by atoms with Crippen LogP contribution in [0.3, 0.4) is 0 Å². The minimum Gasteiger partial charge on any atom is -0.508 e. The number of carbonyl (C=O) groups excluding carboxylic acids is 3. The lowest BCUT2D eigenvalue weighted by atomic mass is 9.95. The number of phenols is 1. The van der Waals surface area contributed by atoms with E-state index in [1.54, 1.807) is 45.0 Å². The summed E-state index contributed by atoms with van der Waals surface area (Å²) in [5.41, 5.74) is 3.43. The first-order valence-corrected chi connectivity index (χ1v) is 14.4. The fourth-order valence-electron chi connectivity index (χ4n) is 4.67. The van der Waals surface area contributed by atoms with Gasteiger partial charge >= 0.3 is 6.09 Å². The van der Waals surface area contributed by atoms with Gasteiger partial charge in [-0.1, -0.05) is 65.7 Å². The number of hydrogen-bond acceptors (Lipinski definition) is 5. The van der Waals surface area contributed by atoms with Gasteiger partial charge < -0.3 is 25.4 Å². The maximum absolute atomic E-state index is 14.5. The molecule has 43 heavy (non-hydrogen) atoms. The Kier molecular flexibility index (Phi) is 11.0. The summed E-state index contributed by atoms with van der Waals surface area (Å²) >= 11 is 6.46. The first-order valence-electron chi connectivity index (χ1n) is 14.0. The Morgan fingerprint density at radius 2 is 1.70 bits per heavy atom. The lowest BCUT2D eigenvalue weighted by Gasteiger charge is -2.35. The number of anilines is 1. The molecule has 9 heteroatoms. The summed E-state index contributed by atoms with van der Waals surface area (Å²) in [5.74, 6) is -0.918. The Labute approximate surface area is 258 Å². The molecule has 0 aromatic heterocycles. The number of para-hydroxylation sites is 1. The lowest BCUT2D eigenvalue weighted by Crippen LogP contribution is -2.53. The van der Waals surface area contributed by atoms with Crippen LogP contribution in [0.4, 0.5) is 10.5 Å². The van der Waals surface area contributed by atoms with E-state index in [-0.39, 0.29) is 18.7 Å². The summed E-state index contributed by atoms with van der Waals surface area (Å²) in [6.07, 6.45) is 0.842. The quantitative estimate of drug-likeness (QED) is 0.220. The first kappa shape index (κ1) is 33.2. The molecule has 0 heterocycles. The highest BCUT2D eigenvalue weighted by Gasteiger charge is 2.37. The van der Waals surface area contributed by atoms with E-state index in [4.69, 9.17) is 16.3 Å². The predicted octanol–water partition coefficient (Wildman–Crippen LogP) is 6.80. The van der Waals surface area contributed by atoms with Gasteiger partial charge in [-0.3, -0.25) is 9.59 Å². The monoisotopic (exact) mass is 605 g/mol. The average Bonchev–Trinajstić information content (AvgIpc) is 2.92. The number of amides is 3. The number of halogens is 1. The number of aryl methyl sites for hydroxylation is 3. The SMILES string of the molecule is C=CCN(C(=O)C(Cc1ccc(O)cc1)NC(=O)OC(C)(C)C)C(C(=O)Nc1c(C)cccc1Cl)c1cc(C)ccc1C. The van der Waals surface area contributed by atoms with Crippen LogP contribution < -0.4 is 10.6 Å². The molecule has 2 unspecified atom stereocenters. The van der Waals surface area contributed by atoms with Crippen molar-refractivity contribution in [3.8, 4) is 5.75 Å². The van der Waals surface area contributed by atoms with Gasteiger partial charge in [0.1, 0.15) is 23.4 Å². The van der Waals surface area contributed by atoms with Crippen LogP contribution >= 0.6 is 11.6 Å². The summed E-state index contributed by atoms with van der Waals surface area (Å²) in [6.45, 7) is 14.7. The average molecular weight is 606 g/mol. The number of rotatable bonds is 10. The maximum atomic E-state index is 14.5. The van der Waals surface area contributed by atoms with Crippen LogP contribution in [-0.4, -0.2) is 46.1 Å². The number of benzene rings is 3. The number of ether oxygens (including phenoxy) is 1. The van der Waals surface area contributed by atoms with Crippen molar-refractivity contribution in [3.05, 3.63) is 106 Å². The van der Waals surface area contributed by atoms with E-state index >= 15 is 0 Å². The normalized spacial score (nSPS) is 12.5. The number of nitrogens with zero attached hydrogens (tertiary/aromatic N) is 1. The van der Waals surface area contributed by atoms with Crippen molar-refractivity contribution >= 4 is 35.2 Å². The number of nitrogens with one attached hydrogen (secondary N) is 2. The zero-order valence-corrected chi connectivity index (χ0v) is 26.3. The molecule has 3 rings (SSSR count). The van der Waals surface area contributed by atoms with Gasteiger partial charge in [0.05, 0.1) is 10.7 Å². The Hall–Kier alpha value is -4.30. The van der Waals surface area contributed by atoms with Crippen molar-refractivity contribution in [2.24, 2.45) is 0 Å². The molecule has 3 N–H and O–H groups in total. The van der Waals surface area contributed by atoms with Gasteiger partial charge in [0.2, 0.25) is 5.91 Å². The third-order valence-electron chi connectivity index (χ3n) is 6.73. The number of phenolic OH excluding ortho intramolecular Hbond substituents is 1. The van der Waals surface area contributed by atoms with Crippen molar-refractivity contribution in [3.63, 3.8) is 0 Å². The first-order chi connectivity index (χ1) is 20.2. The third-order valence-corrected chi connectivity index (χ3v) is 7.05. The van der Waals surface area contributed by atoms with Crippen molar-refractivity contribution in [1.29, 1.82) is 0 Å². The summed E-state index contributed by atoms with van der Waals surface area (Å²) in [6, 6.07) is 15.1. The smallest absolute Gasteiger partial charge is 0.408 e. The second-order valence-corrected chi connectivity index (χ2v) is 11.9. The molecule has 0 saturated carbocycles. The van der Waals surface area contributed by atoms with Crippen LogP contribution in [0, 0.1) is 20.8 Å². The summed E-state index contributed by atoms with van der Waals surface area (Å²) in [4.78, 5) is 43.0. The molecule has 3 aromatic rings. The molecule has 8 nitrogen and oxygen atoms in total. The Morgan fingerprint density at radius 1 is 1.02 bits per heavy atom. The van der Waals surface area contributed by atoms with Crippen molar-refractivity contribution in [1.82, 2.24) is 10.2 Å². The molecule has 3 aromatic carbocycles. The molecule has 0 spiro atoms. The van der Waals surface area contributed by atoms with Gasteiger partial charge in [-0.05, 0) is 82.0 Å². The Morgan fingerprint density at radius 3 is 2.30 bits per heavy atom. The fraction of sp³-hybridized carbons (Fsp3) is 0.324. The summed E-state index contributed by atoms with van der Waals surface area (Å²) in [5, 5.41) is 15.8. The van der Waals surface area contributed by atoms with E-state index in [9.17, 15) is 19.5 Å². The van der Waals surface area contributed by atoms with Crippen LogP contribution in [0.1, 0.15) is 54.6 Å². The third kappa shape index (κ3) is 9.09. The number of hydrogen-bond donors (Lipinski definition) is 3. The molecule has 2 atom stereocenters. The highest BCUT2D eigenvalue weighted by Crippen LogP contribution is 2.31. The highest BCUT2D eigenvalue weighted by molar-refractivity contribution is 6.34. The van der Waals surface area contributed by atoms with Crippen molar-refractivity contribution < 1.29 is 24.2 Å². The maximum Gasteiger partial charge on any atom is 0.408 e. The van der Waals surface area contributed by atoms with E-state index in [0.717, 1.165) is 16.7 Å². The van der Waals surface area contributed by atoms with E-state index in [0.29, 0.717) is 21.8 Å². The predicted molar refractivity (Wildman–Crippen MR) is 170 cm³/mol. The molecule has 0 aliphatic heterocycles. The summed E-state index contributed by atoms with van der Waals surface area (Å²) in [7, 11) is 0. The van der Waals surface area contributed by atoms with E-state index in [1.165, 1.54) is 23.1 Å². The van der Waals surface area contributed by atoms with Crippen molar-refractivity contribution in [2.75, 3.05) is 11.9 Å². The van der Waals surface area contributed by atoms with Crippen LogP contribution in [-0.2, 0) is 20.7 Å². The lowest BCUT2D eigenvalue weighted by molar-refractivity contribution is -0.140. The molecular formula is C34H40ClN3O5. The van der Waals surface area contributed by atoms with Gasteiger partial charge in [0.25, 0.3) is 5.91 Å². The van der Waals surface area contributed by atoms with Crippen LogP contribution in [0.25, 0.3) is 0 Å². The molecular weight excluding hydrogens is 566 g/mol. The molecule has 0 fully saturated rings. The minimum atomic E-state index is -1.11.